The van der Waals surface area contributed by atoms with Gasteiger partial charge in [-0.25, -0.2) is 0 Å². The van der Waals surface area contributed by atoms with Crippen LogP contribution in [0.1, 0.15) is 23.7 Å². The zero-order valence-electron chi connectivity index (χ0n) is 7.85. The molecule has 0 fully saturated rings. The number of H-pyrrole nitrogens is 1. The van der Waals surface area contributed by atoms with Crippen molar-refractivity contribution in [2.45, 2.75) is 20.5 Å². The molecule has 1 aromatic rings. The summed E-state index contributed by atoms with van der Waals surface area (Å²) in [4.78, 5) is 3.19. The van der Waals surface area contributed by atoms with Gasteiger partial charge in [-0.05, 0) is 31.1 Å². The van der Waals surface area contributed by atoms with Crippen LogP contribution in [-0.4, -0.2) is 12.1 Å². The van der Waals surface area contributed by atoms with E-state index in [0.29, 0.717) is 6.61 Å². The van der Waals surface area contributed by atoms with Crippen LogP contribution in [0, 0.1) is 6.92 Å². The number of allylic oxidation sites excluding steroid dienone is 1. The maximum Gasteiger partial charge on any atom is 0.0730 e. The molecule has 0 aliphatic heterocycles. The molecule has 66 valence electrons. The Morgan fingerprint density at radius 2 is 2.33 bits per heavy atom. The highest BCUT2D eigenvalue weighted by atomic mass is 16.5. The topological polar surface area (TPSA) is 25.0 Å². The Labute approximate surface area is 73.3 Å². The Morgan fingerprint density at radius 1 is 1.58 bits per heavy atom. The van der Waals surface area contributed by atoms with Crippen molar-refractivity contribution in [3.8, 4) is 0 Å². The van der Waals surface area contributed by atoms with E-state index in [1.165, 1.54) is 16.8 Å². The molecule has 0 saturated carbocycles. The van der Waals surface area contributed by atoms with E-state index in [4.69, 9.17) is 4.74 Å². The molecule has 0 unspecified atom stereocenters. The van der Waals surface area contributed by atoms with Gasteiger partial charge in [-0.2, -0.15) is 0 Å². The van der Waals surface area contributed by atoms with Crippen LogP contribution in [0.25, 0.3) is 6.08 Å². The van der Waals surface area contributed by atoms with Gasteiger partial charge in [0, 0.05) is 19.0 Å². The molecule has 0 atom stereocenters. The Bertz CT molecular complexity index is 273. The first-order valence-electron chi connectivity index (χ1n) is 4.08. The summed E-state index contributed by atoms with van der Waals surface area (Å²) in [5.41, 5.74) is 3.67. The van der Waals surface area contributed by atoms with E-state index in [2.05, 4.69) is 18.0 Å². The number of aromatic amines is 1. The molecule has 1 rings (SSSR count). The Balaban J connectivity index is 2.88. The van der Waals surface area contributed by atoms with Crippen LogP contribution >= 0.6 is 0 Å². The second-order valence-corrected chi connectivity index (χ2v) is 2.79. The molecule has 1 heterocycles. The monoisotopic (exact) mass is 165 g/mol. The second-order valence-electron chi connectivity index (χ2n) is 2.79. The normalized spacial score (nSPS) is 11.2. The standard InChI is InChI=1S/C10H15NO/c1-4-5-10-8(2)9(6-11-10)7-12-3/h4-6,11H,7H2,1-3H3/b5-4-. The van der Waals surface area contributed by atoms with Crippen molar-refractivity contribution in [3.05, 3.63) is 29.1 Å². The SMILES string of the molecule is C/C=C\c1[nH]cc(COC)c1C. The molecule has 0 saturated heterocycles. The summed E-state index contributed by atoms with van der Waals surface area (Å²) in [7, 11) is 1.71. The minimum atomic E-state index is 0.680. The first-order valence-corrected chi connectivity index (χ1v) is 4.08. The van der Waals surface area contributed by atoms with Gasteiger partial charge >= 0.3 is 0 Å². The number of aromatic nitrogens is 1. The number of methoxy groups -OCH3 is 1. The van der Waals surface area contributed by atoms with Crippen molar-refractivity contribution in [2.75, 3.05) is 7.11 Å². The summed E-state index contributed by atoms with van der Waals surface area (Å²) in [6.45, 7) is 4.79. The number of nitrogens with one attached hydrogen (secondary N) is 1. The third-order valence-corrected chi connectivity index (χ3v) is 1.92. The highest BCUT2D eigenvalue weighted by Crippen LogP contribution is 2.14. The molecular formula is C10H15NO. The van der Waals surface area contributed by atoms with Gasteiger partial charge in [0.05, 0.1) is 6.61 Å². The Hall–Kier alpha value is -1.02. The predicted molar refractivity (Wildman–Crippen MR) is 51.0 cm³/mol. The first kappa shape index (κ1) is 9.07. The summed E-state index contributed by atoms with van der Waals surface area (Å²) < 4.78 is 5.06. The number of rotatable bonds is 3. The second kappa shape index (κ2) is 4.12. The molecule has 0 aliphatic rings. The average molecular weight is 165 g/mol. The van der Waals surface area contributed by atoms with Crippen molar-refractivity contribution in [1.29, 1.82) is 0 Å². The maximum absolute atomic E-state index is 5.06. The van der Waals surface area contributed by atoms with Gasteiger partial charge in [0.1, 0.15) is 0 Å². The van der Waals surface area contributed by atoms with Gasteiger partial charge in [0.25, 0.3) is 0 Å². The van der Waals surface area contributed by atoms with Gasteiger partial charge < -0.3 is 9.72 Å². The van der Waals surface area contributed by atoms with Crippen LogP contribution < -0.4 is 0 Å². The van der Waals surface area contributed by atoms with E-state index in [0.717, 1.165) is 0 Å². The molecule has 0 radical (unpaired) electrons. The molecule has 2 nitrogen and oxygen atoms in total. The van der Waals surface area contributed by atoms with E-state index in [1.807, 2.05) is 19.2 Å². The predicted octanol–water partition coefficient (Wildman–Crippen LogP) is 2.50. The van der Waals surface area contributed by atoms with Crippen LogP contribution in [0.5, 0.6) is 0 Å². The highest BCUT2D eigenvalue weighted by molar-refractivity contribution is 5.51. The lowest BCUT2D eigenvalue weighted by Gasteiger charge is -1.96. The molecule has 0 amide bonds. The summed E-state index contributed by atoms with van der Waals surface area (Å²) >= 11 is 0. The van der Waals surface area contributed by atoms with Gasteiger partial charge in [-0.15, -0.1) is 0 Å². The van der Waals surface area contributed by atoms with Gasteiger partial charge in [0.15, 0.2) is 0 Å². The van der Waals surface area contributed by atoms with Crippen LogP contribution in [-0.2, 0) is 11.3 Å². The third-order valence-electron chi connectivity index (χ3n) is 1.92. The lowest BCUT2D eigenvalue weighted by Crippen LogP contribution is -1.86. The van der Waals surface area contributed by atoms with E-state index in [9.17, 15) is 0 Å². The molecule has 12 heavy (non-hydrogen) atoms. The lowest BCUT2D eigenvalue weighted by molar-refractivity contribution is 0.184. The summed E-state index contributed by atoms with van der Waals surface area (Å²) in [6.07, 6.45) is 6.08. The fourth-order valence-corrected chi connectivity index (χ4v) is 1.20. The zero-order chi connectivity index (χ0) is 8.97. The van der Waals surface area contributed by atoms with E-state index in [1.54, 1.807) is 7.11 Å². The van der Waals surface area contributed by atoms with Crippen molar-refractivity contribution in [2.24, 2.45) is 0 Å². The fraction of sp³-hybridized carbons (Fsp3) is 0.400. The summed E-state index contributed by atoms with van der Waals surface area (Å²) in [5.74, 6) is 0. The van der Waals surface area contributed by atoms with Gasteiger partial charge in [-0.3, -0.25) is 0 Å². The first-order chi connectivity index (χ1) is 5.79. The minimum absolute atomic E-state index is 0.680. The average Bonchev–Trinajstić information content (AvgIpc) is 2.38. The van der Waals surface area contributed by atoms with E-state index < -0.39 is 0 Å². The van der Waals surface area contributed by atoms with E-state index in [-0.39, 0.29) is 0 Å². The molecule has 0 spiro atoms. The summed E-state index contributed by atoms with van der Waals surface area (Å²) in [5, 5.41) is 0. The molecule has 0 aromatic carbocycles. The zero-order valence-corrected chi connectivity index (χ0v) is 7.85. The Morgan fingerprint density at radius 3 is 2.92 bits per heavy atom. The number of ether oxygens (including phenoxy) is 1. The van der Waals surface area contributed by atoms with Gasteiger partial charge in [0.2, 0.25) is 0 Å². The summed E-state index contributed by atoms with van der Waals surface area (Å²) in [6, 6.07) is 0. The number of hydrogen-bond acceptors (Lipinski definition) is 1. The largest absolute Gasteiger partial charge is 0.380 e. The maximum atomic E-state index is 5.06. The Kier molecular flexibility index (Phi) is 3.11. The highest BCUT2D eigenvalue weighted by Gasteiger charge is 2.02. The van der Waals surface area contributed by atoms with Crippen LogP contribution in [0.3, 0.4) is 0 Å². The molecule has 0 aliphatic carbocycles. The minimum Gasteiger partial charge on any atom is -0.380 e. The van der Waals surface area contributed by atoms with Crippen molar-refractivity contribution < 1.29 is 4.74 Å². The van der Waals surface area contributed by atoms with Gasteiger partial charge in [-0.1, -0.05) is 6.08 Å². The molecule has 0 bridgehead atoms. The number of hydrogen-bond donors (Lipinski definition) is 1. The molecule has 2 heteroatoms. The van der Waals surface area contributed by atoms with Crippen LogP contribution in [0.4, 0.5) is 0 Å². The van der Waals surface area contributed by atoms with Crippen LogP contribution in [0.15, 0.2) is 12.3 Å². The van der Waals surface area contributed by atoms with E-state index >= 15 is 0 Å². The quantitative estimate of drug-likeness (QED) is 0.731. The van der Waals surface area contributed by atoms with Crippen LogP contribution in [0.2, 0.25) is 0 Å². The molecule has 1 N–H and O–H groups in total. The smallest absolute Gasteiger partial charge is 0.0730 e. The molecule has 1 aromatic heterocycles. The fourth-order valence-electron chi connectivity index (χ4n) is 1.20. The third kappa shape index (κ3) is 1.77. The van der Waals surface area contributed by atoms with Crippen molar-refractivity contribution in [1.82, 2.24) is 4.98 Å². The van der Waals surface area contributed by atoms with Crippen molar-refractivity contribution >= 4 is 6.08 Å². The molecular weight excluding hydrogens is 150 g/mol. The lowest BCUT2D eigenvalue weighted by atomic mass is 10.2. The van der Waals surface area contributed by atoms with Crippen molar-refractivity contribution in [3.63, 3.8) is 0 Å².